The Bertz CT molecular complexity index is 1150. The van der Waals surface area contributed by atoms with Gasteiger partial charge in [-0.05, 0) is 121 Å². The number of unbranched alkanes of at least 4 members (excludes halogenated alkanes) is 1. The van der Waals surface area contributed by atoms with Gasteiger partial charge in [-0.15, -0.1) is 0 Å². The first kappa shape index (κ1) is 35.2. The molecule has 1 fully saturated rings. The quantitative estimate of drug-likeness (QED) is 0.102. The van der Waals surface area contributed by atoms with E-state index in [1.807, 2.05) is 0 Å². The Hall–Kier alpha value is -1.99. The molecule has 2 rings (SSSR count). The summed E-state index contributed by atoms with van der Waals surface area (Å²) >= 11 is 4.90. The molecule has 0 heterocycles. The molecule has 0 saturated heterocycles. The normalized spacial score (nSPS) is 22.9. The zero-order chi connectivity index (χ0) is 30.6. The van der Waals surface area contributed by atoms with Gasteiger partial charge in [-0.3, -0.25) is 0 Å². The highest BCUT2D eigenvalue weighted by molar-refractivity contribution is 7.81. The second-order valence-electron chi connectivity index (χ2n) is 14.0. The molecule has 41 heavy (non-hydrogen) atoms. The number of thiol groups is 1. The highest BCUT2D eigenvalue weighted by atomic mass is 32.1. The highest BCUT2D eigenvalue weighted by Crippen LogP contribution is 2.43. The van der Waals surface area contributed by atoms with Gasteiger partial charge in [0.25, 0.3) is 0 Å². The summed E-state index contributed by atoms with van der Waals surface area (Å²) in [7, 11) is 0. The van der Waals surface area contributed by atoms with E-state index < -0.39 is 0 Å². The van der Waals surface area contributed by atoms with Crippen LogP contribution in [0.2, 0.25) is 0 Å². The monoisotopic (exact) mass is 572 g/mol. The van der Waals surface area contributed by atoms with Crippen LogP contribution in [-0.2, 0) is 0 Å². The SMILES string of the molecule is C=C1CCCC(C)(C)/C1=C/C=C(C)/C=C/C=C(\C)CCC/C=C(\C)[C@H](S)C/C=C(C)/C=C\C1=C(C)CCCC1(C)C. The van der Waals surface area contributed by atoms with E-state index in [1.54, 1.807) is 5.57 Å². The molecule has 2 aliphatic rings. The molecule has 0 aromatic carbocycles. The van der Waals surface area contributed by atoms with E-state index >= 15 is 0 Å². The predicted molar refractivity (Wildman–Crippen MR) is 190 cm³/mol. The molecule has 1 atom stereocenters. The average molecular weight is 573 g/mol. The third-order valence-corrected chi connectivity index (χ3v) is 9.75. The maximum atomic E-state index is 4.90. The molecule has 0 aliphatic heterocycles. The Balaban J connectivity index is 1.80. The molecule has 1 saturated carbocycles. The number of allylic oxidation sites excluding steroid dienone is 16. The zero-order valence-electron chi connectivity index (χ0n) is 28.0. The predicted octanol–water partition coefficient (Wildman–Crippen LogP) is 13.0. The Morgan fingerprint density at radius 3 is 2.27 bits per heavy atom. The maximum absolute atomic E-state index is 4.90. The lowest BCUT2D eigenvalue weighted by molar-refractivity contribution is 0.371. The van der Waals surface area contributed by atoms with Gasteiger partial charge in [0.05, 0.1) is 0 Å². The second-order valence-corrected chi connectivity index (χ2v) is 14.6. The van der Waals surface area contributed by atoms with Gasteiger partial charge >= 0.3 is 0 Å². The molecule has 0 bridgehead atoms. The Morgan fingerprint density at radius 2 is 1.59 bits per heavy atom. The van der Waals surface area contributed by atoms with Crippen LogP contribution in [0.3, 0.4) is 0 Å². The van der Waals surface area contributed by atoms with Crippen molar-refractivity contribution in [1.29, 1.82) is 0 Å². The lowest BCUT2D eigenvalue weighted by Crippen LogP contribution is -2.20. The molecular formula is C40H60S. The van der Waals surface area contributed by atoms with Gasteiger partial charge in [-0.25, -0.2) is 0 Å². The van der Waals surface area contributed by atoms with Crippen molar-refractivity contribution in [3.63, 3.8) is 0 Å². The minimum absolute atomic E-state index is 0.238. The molecule has 0 aromatic heterocycles. The molecule has 226 valence electrons. The fourth-order valence-electron chi connectivity index (χ4n) is 6.18. The van der Waals surface area contributed by atoms with E-state index in [9.17, 15) is 0 Å². The fourth-order valence-corrected chi connectivity index (χ4v) is 6.39. The largest absolute Gasteiger partial charge is 0.171 e. The first-order chi connectivity index (χ1) is 19.2. The maximum Gasteiger partial charge on any atom is 0.0258 e. The van der Waals surface area contributed by atoms with Crippen molar-refractivity contribution in [2.24, 2.45) is 10.8 Å². The van der Waals surface area contributed by atoms with Crippen molar-refractivity contribution >= 4 is 12.6 Å². The van der Waals surface area contributed by atoms with Crippen LogP contribution in [0.25, 0.3) is 0 Å². The highest BCUT2D eigenvalue weighted by Gasteiger charge is 2.28. The molecule has 0 nitrogen and oxygen atoms in total. The van der Waals surface area contributed by atoms with Crippen molar-refractivity contribution in [3.8, 4) is 0 Å². The van der Waals surface area contributed by atoms with Crippen LogP contribution in [0.15, 0.2) is 106 Å². The summed E-state index contributed by atoms with van der Waals surface area (Å²) in [6, 6.07) is 0. The summed E-state index contributed by atoms with van der Waals surface area (Å²) in [5, 5.41) is 0.283. The molecule has 0 N–H and O–H groups in total. The van der Waals surface area contributed by atoms with Crippen LogP contribution in [0.5, 0.6) is 0 Å². The van der Waals surface area contributed by atoms with Gasteiger partial charge in [-0.1, -0.05) is 122 Å². The van der Waals surface area contributed by atoms with E-state index in [4.69, 9.17) is 12.6 Å². The van der Waals surface area contributed by atoms with Crippen molar-refractivity contribution in [2.75, 3.05) is 0 Å². The second kappa shape index (κ2) is 16.6. The summed E-state index contributed by atoms with van der Waals surface area (Å²) in [6.07, 6.45) is 32.5. The third kappa shape index (κ3) is 12.0. The lowest BCUT2D eigenvalue weighted by atomic mass is 9.71. The fraction of sp³-hybridized carbons (Fsp3) is 0.550. The van der Waals surface area contributed by atoms with Crippen LogP contribution in [-0.4, -0.2) is 5.25 Å². The minimum Gasteiger partial charge on any atom is -0.171 e. The summed E-state index contributed by atoms with van der Waals surface area (Å²) < 4.78 is 0. The van der Waals surface area contributed by atoms with Crippen molar-refractivity contribution in [2.45, 2.75) is 132 Å². The molecular weight excluding hydrogens is 513 g/mol. The van der Waals surface area contributed by atoms with Gasteiger partial charge in [-0.2, -0.15) is 12.6 Å². The van der Waals surface area contributed by atoms with Crippen LogP contribution in [0.4, 0.5) is 0 Å². The molecule has 0 unspecified atom stereocenters. The van der Waals surface area contributed by atoms with Crippen molar-refractivity contribution in [3.05, 3.63) is 106 Å². The van der Waals surface area contributed by atoms with Gasteiger partial charge < -0.3 is 0 Å². The molecule has 0 amide bonds. The molecule has 1 heteroatoms. The van der Waals surface area contributed by atoms with Crippen molar-refractivity contribution in [1.82, 2.24) is 0 Å². The first-order valence-electron chi connectivity index (χ1n) is 16.0. The van der Waals surface area contributed by atoms with Gasteiger partial charge in [0, 0.05) is 5.25 Å². The minimum atomic E-state index is 0.238. The summed E-state index contributed by atoms with van der Waals surface area (Å²) in [5.41, 5.74) is 11.8. The van der Waals surface area contributed by atoms with E-state index in [0.717, 1.165) is 25.7 Å². The zero-order valence-corrected chi connectivity index (χ0v) is 28.9. The standard InChI is InChI=1S/C40H60S/c1-30(17-13-18-31(2)22-25-36-33(4)20-14-28-39(36,7)8)16-11-12-19-35(6)38(41)27-24-32(3)23-26-37-34(5)21-15-29-40(37,9)10/h13,17-19,22-26,38,41H,4,11-12,14-16,20-21,27-29H2,1-3,5-10H3/b18-13+,26-23-,30-17+,31-22+,32-24+,35-19+,36-25+/t38-/m1/s1. The molecule has 2 aliphatic carbocycles. The van der Waals surface area contributed by atoms with E-state index in [2.05, 4.69) is 124 Å². The van der Waals surface area contributed by atoms with E-state index in [-0.39, 0.29) is 10.7 Å². The van der Waals surface area contributed by atoms with E-state index in [0.29, 0.717) is 5.41 Å². The number of hydrogen-bond acceptors (Lipinski definition) is 1. The Morgan fingerprint density at radius 1 is 0.902 bits per heavy atom. The topological polar surface area (TPSA) is 0 Å². The van der Waals surface area contributed by atoms with Gasteiger partial charge in [0.1, 0.15) is 0 Å². The van der Waals surface area contributed by atoms with Crippen LogP contribution in [0.1, 0.15) is 127 Å². The third-order valence-electron chi connectivity index (χ3n) is 9.13. The van der Waals surface area contributed by atoms with Gasteiger partial charge in [0.2, 0.25) is 0 Å². The van der Waals surface area contributed by atoms with Crippen LogP contribution in [0, 0.1) is 10.8 Å². The van der Waals surface area contributed by atoms with Crippen LogP contribution >= 0.6 is 12.6 Å². The summed E-state index contributed by atoms with van der Waals surface area (Å²) in [5.74, 6) is 0. The van der Waals surface area contributed by atoms with Gasteiger partial charge in [0.15, 0.2) is 0 Å². The average Bonchev–Trinajstić information content (AvgIpc) is 2.88. The molecule has 0 radical (unpaired) electrons. The summed E-state index contributed by atoms with van der Waals surface area (Å²) in [6.45, 7) is 24.9. The van der Waals surface area contributed by atoms with E-state index in [1.165, 1.54) is 77.5 Å². The lowest BCUT2D eigenvalue weighted by Gasteiger charge is -2.34. The smallest absolute Gasteiger partial charge is 0.0258 e. The number of rotatable bonds is 12. The number of hydrogen-bond donors (Lipinski definition) is 1. The summed E-state index contributed by atoms with van der Waals surface area (Å²) in [4.78, 5) is 0. The Labute approximate surface area is 260 Å². The van der Waals surface area contributed by atoms with Crippen LogP contribution < -0.4 is 0 Å². The molecule has 0 aromatic rings. The van der Waals surface area contributed by atoms with Crippen molar-refractivity contribution < 1.29 is 0 Å². The molecule has 0 spiro atoms. The Kier molecular flexibility index (Phi) is 14.3. The first-order valence-corrected chi connectivity index (χ1v) is 16.6.